The normalized spacial score (nSPS) is 19.7. The molecule has 1 heterocycles. The molecule has 12 heteroatoms. The Kier molecular flexibility index (Phi) is 19.9. The van der Waals surface area contributed by atoms with Gasteiger partial charge in [0.05, 0.1) is 34.5 Å². The van der Waals surface area contributed by atoms with E-state index < -0.39 is 71.8 Å². The van der Waals surface area contributed by atoms with Crippen molar-refractivity contribution in [2.24, 2.45) is 5.92 Å². The SMILES string of the molecule is CC(C)C1NC(=O)C(CSC(c2ccccc2)(c2ccccc2)c2ccccc2)NC(=O)[C@@H](C)NC(=O)C[C@@H](/C=C/CCSC(c2ccccc2)(c2ccccc2)c2ccccc2)OC(=O)C[C@@H]1O[Si](C)(C)C(C)(C)C. The standard InChI is InChI=1S/C64H75N3O6S2Si/c1-46(2)59-56(73-76(7,8)62(4,5)6)44-58(69)72-54(41-27-28-42-74-63(48-29-15-9-16-30-48,49-31-17-10-18-32-49)50-33-19-11-20-34-50)43-57(68)65-47(3)60(70)66-55(61(71)67-59)45-75-64(51-35-21-12-22-36-51,52-37-23-13-24-38-52)53-39-25-14-26-40-53/h9-27,29-41,46-47,54-56,59H,28,42-45H2,1-8H3,(H,65,68)(H,66,70)(H,67,71)/b41-27+/t47-,54-,55?,56+,59?/m1/s1. The molecule has 1 fully saturated rings. The number of thioether (sulfide) groups is 2. The van der Waals surface area contributed by atoms with Gasteiger partial charge in [-0.3, -0.25) is 19.2 Å². The predicted octanol–water partition coefficient (Wildman–Crippen LogP) is 12.6. The van der Waals surface area contributed by atoms with E-state index in [4.69, 9.17) is 9.16 Å². The van der Waals surface area contributed by atoms with Crippen LogP contribution >= 0.6 is 23.5 Å². The molecule has 6 aromatic carbocycles. The number of cyclic esters (lactones) is 1. The summed E-state index contributed by atoms with van der Waals surface area (Å²) in [6.45, 7) is 16.2. The van der Waals surface area contributed by atoms with Crippen molar-refractivity contribution < 1.29 is 28.3 Å². The van der Waals surface area contributed by atoms with Crippen molar-refractivity contribution in [1.29, 1.82) is 0 Å². The van der Waals surface area contributed by atoms with E-state index in [9.17, 15) is 14.4 Å². The van der Waals surface area contributed by atoms with Crippen molar-refractivity contribution in [3.05, 3.63) is 228 Å². The van der Waals surface area contributed by atoms with Gasteiger partial charge in [0.15, 0.2) is 8.32 Å². The molecule has 0 aliphatic carbocycles. The summed E-state index contributed by atoms with van der Waals surface area (Å²) >= 11 is 3.37. The molecule has 0 bridgehead atoms. The number of hydrogen-bond donors (Lipinski definition) is 3. The molecule has 6 aromatic rings. The lowest BCUT2D eigenvalue weighted by Gasteiger charge is -2.42. The fourth-order valence-corrected chi connectivity index (χ4v) is 14.0. The molecule has 0 aromatic heterocycles. The Balaban J connectivity index is 1.20. The molecule has 7 rings (SSSR count). The van der Waals surface area contributed by atoms with E-state index in [-0.39, 0.29) is 29.6 Å². The number of nitrogens with one attached hydrogen (secondary N) is 3. The van der Waals surface area contributed by atoms with E-state index in [0.29, 0.717) is 12.2 Å². The Morgan fingerprint density at radius 3 is 1.39 bits per heavy atom. The van der Waals surface area contributed by atoms with E-state index >= 15 is 4.79 Å². The van der Waals surface area contributed by atoms with Crippen molar-refractivity contribution in [2.45, 2.75) is 119 Å². The Morgan fingerprint density at radius 1 is 0.592 bits per heavy atom. The zero-order valence-electron chi connectivity index (χ0n) is 45.2. The largest absolute Gasteiger partial charge is 0.457 e. The first-order valence-corrected chi connectivity index (χ1v) is 31.4. The minimum atomic E-state index is -2.60. The molecule has 1 aliphatic heterocycles. The molecular formula is C64H75N3O6S2Si. The fraction of sp³-hybridized carbons (Fsp3) is 0.344. The van der Waals surface area contributed by atoms with Crippen LogP contribution in [0.1, 0.15) is 94.2 Å². The zero-order chi connectivity index (χ0) is 54.4. The van der Waals surface area contributed by atoms with Crippen LogP contribution in [0.5, 0.6) is 0 Å². The average molecular weight is 1070 g/mol. The van der Waals surface area contributed by atoms with Crippen LogP contribution in [0.4, 0.5) is 0 Å². The summed E-state index contributed by atoms with van der Waals surface area (Å²) in [5.74, 6) is -1.35. The molecule has 3 amide bonds. The fourth-order valence-electron chi connectivity index (χ4n) is 9.58. The molecular weight excluding hydrogens is 999 g/mol. The second kappa shape index (κ2) is 26.2. The zero-order valence-corrected chi connectivity index (χ0v) is 47.9. The number of hydrogen-bond acceptors (Lipinski definition) is 8. The molecule has 9 nitrogen and oxygen atoms in total. The smallest absolute Gasteiger partial charge is 0.309 e. The van der Waals surface area contributed by atoms with E-state index in [1.807, 2.05) is 104 Å². The van der Waals surface area contributed by atoms with Crippen molar-refractivity contribution in [1.82, 2.24) is 16.0 Å². The Bertz CT molecular complexity index is 2640. The molecule has 5 atom stereocenters. The third kappa shape index (κ3) is 14.0. The summed E-state index contributed by atoms with van der Waals surface area (Å²) in [7, 11) is -2.60. The minimum absolute atomic E-state index is 0.145. The number of allylic oxidation sites excluding steroid dienone is 1. The quantitative estimate of drug-likeness (QED) is 0.0271. The number of esters is 1. The lowest BCUT2D eigenvalue weighted by Crippen LogP contribution is -2.59. The van der Waals surface area contributed by atoms with Gasteiger partial charge in [0, 0.05) is 5.75 Å². The van der Waals surface area contributed by atoms with E-state index in [1.165, 1.54) is 0 Å². The first-order valence-electron chi connectivity index (χ1n) is 26.5. The van der Waals surface area contributed by atoms with Crippen molar-refractivity contribution >= 4 is 55.5 Å². The Morgan fingerprint density at radius 2 is 1.00 bits per heavy atom. The van der Waals surface area contributed by atoms with E-state index in [1.54, 1.807) is 24.8 Å². The maximum Gasteiger partial charge on any atom is 0.309 e. The van der Waals surface area contributed by atoms with Crippen LogP contribution in [0.25, 0.3) is 0 Å². The lowest BCUT2D eigenvalue weighted by molar-refractivity contribution is -0.151. The van der Waals surface area contributed by atoms with E-state index in [0.717, 1.165) is 33.4 Å². The maximum atomic E-state index is 15.1. The molecule has 398 valence electrons. The van der Waals surface area contributed by atoms with Gasteiger partial charge in [0.1, 0.15) is 18.2 Å². The first kappa shape index (κ1) is 57.5. The Hall–Kier alpha value is -6.18. The highest BCUT2D eigenvalue weighted by molar-refractivity contribution is 8.00. The summed E-state index contributed by atoms with van der Waals surface area (Å²) in [5, 5.41) is 8.98. The summed E-state index contributed by atoms with van der Waals surface area (Å²) < 4.78 is 12.1. The van der Waals surface area contributed by atoms with Crippen LogP contribution in [0.2, 0.25) is 18.1 Å². The summed E-state index contributed by atoms with van der Waals surface area (Å²) in [6, 6.07) is 59.3. The number of benzene rings is 6. The second-order valence-corrected chi connectivity index (χ2v) is 28.7. The highest BCUT2D eigenvalue weighted by atomic mass is 32.2. The van der Waals surface area contributed by atoms with Crippen LogP contribution in [0.15, 0.2) is 194 Å². The summed E-state index contributed by atoms with van der Waals surface area (Å²) in [6.07, 6.45) is 2.22. The van der Waals surface area contributed by atoms with Crippen LogP contribution in [0.3, 0.4) is 0 Å². The third-order valence-electron chi connectivity index (χ3n) is 14.6. The molecule has 2 unspecified atom stereocenters. The van der Waals surface area contributed by atoms with Crippen molar-refractivity contribution in [3.63, 3.8) is 0 Å². The number of rotatable bonds is 17. The molecule has 76 heavy (non-hydrogen) atoms. The van der Waals surface area contributed by atoms with Gasteiger partial charge in [-0.25, -0.2) is 0 Å². The Labute approximate surface area is 461 Å². The first-order chi connectivity index (χ1) is 36.4. The van der Waals surface area contributed by atoms with Gasteiger partial charge in [-0.1, -0.05) is 223 Å². The van der Waals surface area contributed by atoms with Gasteiger partial charge in [-0.05, 0) is 82.6 Å². The number of carbonyl (C=O) groups is 4. The average Bonchev–Trinajstić information content (AvgIpc) is 3.43. The topological polar surface area (TPSA) is 123 Å². The molecule has 0 saturated carbocycles. The van der Waals surface area contributed by atoms with E-state index in [2.05, 4.69) is 159 Å². The highest BCUT2D eigenvalue weighted by Crippen LogP contribution is 2.50. The predicted molar refractivity (Wildman–Crippen MR) is 315 cm³/mol. The van der Waals surface area contributed by atoms with Gasteiger partial charge in [-0.15, -0.1) is 23.5 Å². The van der Waals surface area contributed by atoms with Gasteiger partial charge in [-0.2, -0.15) is 0 Å². The van der Waals surface area contributed by atoms with Crippen LogP contribution < -0.4 is 16.0 Å². The van der Waals surface area contributed by atoms with Crippen LogP contribution in [0, 0.1) is 5.92 Å². The second-order valence-electron chi connectivity index (χ2n) is 21.4. The summed E-state index contributed by atoms with van der Waals surface area (Å²) in [5.41, 5.74) is 6.48. The maximum absolute atomic E-state index is 15.1. The molecule has 1 aliphatic rings. The molecule has 3 N–H and O–H groups in total. The number of amides is 3. The summed E-state index contributed by atoms with van der Waals surface area (Å²) in [4.78, 5) is 58.0. The number of ether oxygens (including phenoxy) is 1. The highest BCUT2D eigenvalue weighted by Gasteiger charge is 2.44. The monoisotopic (exact) mass is 1070 g/mol. The van der Waals surface area contributed by atoms with Gasteiger partial charge < -0.3 is 25.1 Å². The van der Waals surface area contributed by atoms with Gasteiger partial charge in [0.2, 0.25) is 17.7 Å². The third-order valence-corrected chi connectivity index (χ3v) is 22.3. The van der Waals surface area contributed by atoms with Crippen LogP contribution in [-0.4, -0.2) is 73.8 Å². The minimum Gasteiger partial charge on any atom is -0.457 e. The van der Waals surface area contributed by atoms with Gasteiger partial charge in [0.25, 0.3) is 0 Å². The van der Waals surface area contributed by atoms with Gasteiger partial charge >= 0.3 is 5.97 Å². The van der Waals surface area contributed by atoms with Crippen LogP contribution in [-0.2, 0) is 37.8 Å². The lowest BCUT2D eigenvalue weighted by atomic mass is 9.84. The number of carbonyl (C=O) groups excluding carboxylic acids is 4. The molecule has 0 radical (unpaired) electrons. The van der Waals surface area contributed by atoms with Crippen molar-refractivity contribution in [2.75, 3.05) is 11.5 Å². The molecule has 1 saturated heterocycles. The molecule has 0 spiro atoms. The van der Waals surface area contributed by atoms with Crippen molar-refractivity contribution in [3.8, 4) is 0 Å².